The summed E-state index contributed by atoms with van der Waals surface area (Å²) in [7, 11) is 1.48. The number of nitrogens with one attached hydrogen (secondary N) is 1. The summed E-state index contributed by atoms with van der Waals surface area (Å²) < 4.78 is 5.00. The molecule has 1 aromatic rings. The maximum atomic E-state index is 11.1. The van der Waals surface area contributed by atoms with E-state index in [1.165, 1.54) is 13.2 Å². The third-order valence-electron chi connectivity index (χ3n) is 1.81. The number of para-hydroxylation sites is 1. The number of rotatable bonds is 3. The van der Waals surface area contributed by atoms with E-state index in [0.29, 0.717) is 17.9 Å². The molecular formula is C10H13NO3. The summed E-state index contributed by atoms with van der Waals surface area (Å²) in [5.74, 6) is 0.294. The highest BCUT2D eigenvalue weighted by Crippen LogP contribution is 2.33. The Bertz CT molecular complexity index is 336. The van der Waals surface area contributed by atoms with Gasteiger partial charge >= 0.3 is 0 Å². The van der Waals surface area contributed by atoms with Gasteiger partial charge in [-0.05, 0) is 12.1 Å². The van der Waals surface area contributed by atoms with E-state index in [0.717, 1.165) is 0 Å². The maximum absolute atomic E-state index is 11.1. The Balaban J connectivity index is 2.98. The average Bonchev–Trinajstić information content (AvgIpc) is 2.20. The number of benzene rings is 1. The largest absolute Gasteiger partial charge is 0.506 e. The molecule has 0 saturated carbocycles. The normalized spacial score (nSPS) is 9.57. The van der Waals surface area contributed by atoms with E-state index in [1.807, 2.05) is 0 Å². The van der Waals surface area contributed by atoms with E-state index in [-0.39, 0.29) is 11.7 Å². The molecule has 1 aromatic carbocycles. The number of aromatic hydroxyl groups is 1. The first-order valence-corrected chi connectivity index (χ1v) is 4.34. The minimum absolute atomic E-state index is 0.00569. The first-order valence-electron chi connectivity index (χ1n) is 4.34. The molecule has 14 heavy (non-hydrogen) atoms. The third-order valence-corrected chi connectivity index (χ3v) is 1.81. The van der Waals surface area contributed by atoms with Crippen molar-refractivity contribution in [1.29, 1.82) is 0 Å². The number of phenolic OH excluding ortho intramolecular Hbond substituents is 1. The van der Waals surface area contributed by atoms with Crippen molar-refractivity contribution in [3.05, 3.63) is 18.2 Å². The number of carbonyl (C=O) groups is 1. The predicted molar refractivity (Wildman–Crippen MR) is 53.6 cm³/mol. The molecule has 0 bridgehead atoms. The lowest BCUT2D eigenvalue weighted by molar-refractivity contribution is -0.115. The Morgan fingerprint density at radius 3 is 2.86 bits per heavy atom. The van der Waals surface area contributed by atoms with Crippen molar-refractivity contribution in [2.24, 2.45) is 0 Å². The molecule has 0 saturated heterocycles. The van der Waals surface area contributed by atoms with Gasteiger partial charge in [0.2, 0.25) is 5.91 Å². The van der Waals surface area contributed by atoms with Crippen LogP contribution in [0.2, 0.25) is 0 Å². The highest BCUT2D eigenvalue weighted by atomic mass is 16.5. The second kappa shape index (κ2) is 4.50. The molecule has 0 heterocycles. The van der Waals surface area contributed by atoms with Crippen molar-refractivity contribution in [3.63, 3.8) is 0 Å². The highest BCUT2D eigenvalue weighted by molar-refractivity contribution is 5.93. The standard InChI is InChI=1S/C10H13NO3/c1-3-9(13)11-10-7(12)5-4-6-8(10)14-2/h4-6,12H,3H2,1-2H3,(H,11,13). The van der Waals surface area contributed by atoms with E-state index >= 15 is 0 Å². The first-order chi connectivity index (χ1) is 6.69. The number of anilines is 1. The van der Waals surface area contributed by atoms with Gasteiger partial charge in [0.25, 0.3) is 0 Å². The summed E-state index contributed by atoms with van der Waals surface area (Å²) >= 11 is 0. The van der Waals surface area contributed by atoms with Gasteiger partial charge in [-0.25, -0.2) is 0 Å². The Morgan fingerprint density at radius 2 is 2.29 bits per heavy atom. The van der Waals surface area contributed by atoms with Gasteiger partial charge in [0.15, 0.2) is 0 Å². The number of hydrogen-bond donors (Lipinski definition) is 2. The number of ether oxygens (including phenoxy) is 1. The highest BCUT2D eigenvalue weighted by Gasteiger charge is 2.09. The summed E-state index contributed by atoms with van der Waals surface area (Å²) in [6.45, 7) is 1.74. The summed E-state index contributed by atoms with van der Waals surface area (Å²) in [5, 5.41) is 12.0. The topological polar surface area (TPSA) is 58.6 Å². The molecule has 1 rings (SSSR count). The van der Waals surface area contributed by atoms with Gasteiger partial charge in [-0.15, -0.1) is 0 Å². The van der Waals surface area contributed by atoms with Crippen molar-refractivity contribution in [2.45, 2.75) is 13.3 Å². The van der Waals surface area contributed by atoms with Gasteiger partial charge in [0, 0.05) is 6.42 Å². The number of phenols is 1. The van der Waals surface area contributed by atoms with Gasteiger partial charge in [-0.3, -0.25) is 4.79 Å². The Morgan fingerprint density at radius 1 is 1.57 bits per heavy atom. The number of amides is 1. The Hall–Kier alpha value is -1.71. The average molecular weight is 195 g/mol. The zero-order valence-electron chi connectivity index (χ0n) is 8.20. The maximum Gasteiger partial charge on any atom is 0.224 e. The molecule has 4 heteroatoms. The summed E-state index contributed by atoms with van der Waals surface area (Å²) in [6.07, 6.45) is 0.359. The van der Waals surface area contributed by atoms with Crippen molar-refractivity contribution in [3.8, 4) is 11.5 Å². The smallest absolute Gasteiger partial charge is 0.224 e. The summed E-state index contributed by atoms with van der Waals surface area (Å²) in [4.78, 5) is 11.1. The summed E-state index contributed by atoms with van der Waals surface area (Å²) in [5.41, 5.74) is 0.321. The molecule has 0 aliphatic carbocycles. The van der Waals surface area contributed by atoms with Crippen LogP contribution < -0.4 is 10.1 Å². The number of methoxy groups -OCH3 is 1. The van der Waals surface area contributed by atoms with Crippen molar-refractivity contribution in [1.82, 2.24) is 0 Å². The zero-order valence-corrected chi connectivity index (χ0v) is 8.20. The minimum atomic E-state index is -0.162. The summed E-state index contributed by atoms with van der Waals surface area (Å²) in [6, 6.07) is 4.81. The zero-order chi connectivity index (χ0) is 10.6. The molecule has 0 fully saturated rings. The van der Waals surface area contributed by atoms with Crippen LogP contribution in [-0.4, -0.2) is 18.1 Å². The van der Waals surface area contributed by atoms with Crippen LogP contribution >= 0.6 is 0 Å². The van der Waals surface area contributed by atoms with Gasteiger partial charge in [0.1, 0.15) is 17.2 Å². The molecule has 0 spiro atoms. The van der Waals surface area contributed by atoms with E-state index < -0.39 is 0 Å². The fourth-order valence-electron chi connectivity index (χ4n) is 1.04. The molecule has 0 aromatic heterocycles. The van der Waals surface area contributed by atoms with Gasteiger partial charge in [-0.2, -0.15) is 0 Å². The molecule has 0 unspecified atom stereocenters. The van der Waals surface area contributed by atoms with Crippen LogP contribution in [0.4, 0.5) is 5.69 Å². The van der Waals surface area contributed by atoms with Crippen LogP contribution in [0.25, 0.3) is 0 Å². The number of carbonyl (C=O) groups excluding carboxylic acids is 1. The lowest BCUT2D eigenvalue weighted by atomic mass is 10.2. The Kier molecular flexibility index (Phi) is 3.34. The van der Waals surface area contributed by atoms with Crippen molar-refractivity contribution >= 4 is 11.6 Å². The van der Waals surface area contributed by atoms with Gasteiger partial charge in [0.05, 0.1) is 7.11 Å². The SMILES string of the molecule is CCC(=O)Nc1c(O)cccc1OC. The number of hydrogen-bond acceptors (Lipinski definition) is 3. The molecule has 76 valence electrons. The molecular weight excluding hydrogens is 182 g/mol. The molecule has 2 N–H and O–H groups in total. The van der Waals surface area contributed by atoms with E-state index in [9.17, 15) is 9.90 Å². The molecule has 0 aliphatic rings. The second-order valence-corrected chi connectivity index (χ2v) is 2.76. The Labute approximate surface area is 82.5 Å². The van der Waals surface area contributed by atoms with Crippen LogP contribution in [0.1, 0.15) is 13.3 Å². The molecule has 4 nitrogen and oxygen atoms in total. The van der Waals surface area contributed by atoms with E-state index in [4.69, 9.17) is 4.74 Å². The monoisotopic (exact) mass is 195 g/mol. The van der Waals surface area contributed by atoms with Crippen molar-refractivity contribution < 1.29 is 14.6 Å². The van der Waals surface area contributed by atoms with Crippen LogP contribution in [0.15, 0.2) is 18.2 Å². The molecule has 0 aliphatic heterocycles. The predicted octanol–water partition coefficient (Wildman–Crippen LogP) is 1.75. The van der Waals surface area contributed by atoms with E-state index in [1.54, 1.807) is 19.1 Å². The molecule has 0 atom stereocenters. The van der Waals surface area contributed by atoms with Crippen LogP contribution in [-0.2, 0) is 4.79 Å². The van der Waals surface area contributed by atoms with Crippen molar-refractivity contribution in [2.75, 3.05) is 12.4 Å². The van der Waals surface area contributed by atoms with Gasteiger partial charge in [-0.1, -0.05) is 13.0 Å². The van der Waals surface area contributed by atoms with Gasteiger partial charge < -0.3 is 15.2 Å². The second-order valence-electron chi connectivity index (χ2n) is 2.76. The fraction of sp³-hybridized carbons (Fsp3) is 0.300. The first kappa shape index (κ1) is 10.4. The molecule has 0 radical (unpaired) electrons. The fourth-order valence-corrected chi connectivity index (χ4v) is 1.04. The lowest BCUT2D eigenvalue weighted by Crippen LogP contribution is -2.10. The van der Waals surface area contributed by atoms with E-state index in [2.05, 4.69) is 5.32 Å². The quantitative estimate of drug-likeness (QED) is 0.722. The van der Waals surface area contributed by atoms with Crippen LogP contribution in [0.3, 0.4) is 0 Å². The minimum Gasteiger partial charge on any atom is -0.506 e. The molecule has 1 amide bonds. The third kappa shape index (κ3) is 2.16. The van der Waals surface area contributed by atoms with Crippen LogP contribution in [0, 0.1) is 0 Å². The lowest BCUT2D eigenvalue weighted by Gasteiger charge is -2.10. The van der Waals surface area contributed by atoms with Crippen LogP contribution in [0.5, 0.6) is 11.5 Å².